The van der Waals surface area contributed by atoms with E-state index in [1.165, 1.54) is 0 Å². The maximum atomic E-state index is 13.6. The maximum Gasteiger partial charge on any atom is 0.254 e. The topological polar surface area (TPSA) is 58.2 Å². The highest BCUT2D eigenvalue weighted by Crippen LogP contribution is 2.47. The molecule has 2 aromatic carbocycles. The van der Waals surface area contributed by atoms with Gasteiger partial charge in [0.25, 0.3) is 5.91 Å². The summed E-state index contributed by atoms with van der Waals surface area (Å²) in [6.07, 6.45) is 1.26. The number of allylic oxidation sites excluding steroid dienone is 3. The molecular formula is C26H27BrN2O2. The van der Waals surface area contributed by atoms with Crippen LogP contribution in [0.15, 0.2) is 75.5 Å². The fraction of sp³-hybridized carbons (Fsp3) is 0.308. The van der Waals surface area contributed by atoms with Gasteiger partial charge in [-0.3, -0.25) is 9.59 Å². The highest BCUT2D eigenvalue weighted by Gasteiger charge is 2.42. The minimum atomic E-state index is -0.402. The molecule has 4 rings (SSSR count). The Balaban J connectivity index is 1.83. The van der Waals surface area contributed by atoms with Crippen LogP contribution in [0.1, 0.15) is 50.7 Å². The summed E-state index contributed by atoms with van der Waals surface area (Å²) in [5, 5.41) is 6.48. The third-order valence-electron chi connectivity index (χ3n) is 6.06. The van der Waals surface area contributed by atoms with Crippen LogP contribution in [0, 0.1) is 12.3 Å². The molecule has 0 saturated carbocycles. The van der Waals surface area contributed by atoms with Gasteiger partial charge in [0.1, 0.15) is 0 Å². The summed E-state index contributed by atoms with van der Waals surface area (Å²) >= 11 is 3.55. The van der Waals surface area contributed by atoms with E-state index >= 15 is 0 Å². The van der Waals surface area contributed by atoms with Gasteiger partial charge in [0.2, 0.25) is 0 Å². The molecular weight excluding hydrogens is 452 g/mol. The molecule has 1 amide bonds. The van der Waals surface area contributed by atoms with Crippen LogP contribution in [0.4, 0.5) is 5.69 Å². The van der Waals surface area contributed by atoms with Gasteiger partial charge in [-0.1, -0.05) is 60.1 Å². The molecule has 0 radical (unpaired) electrons. The summed E-state index contributed by atoms with van der Waals surface area (Å²) in [6, 6.07) is 15.6. The predicted molar refractivity (Wildman–Crippen MR) is 128 cm³/mol. The lowest BCUT2D eigenvalue weighted by atomic mass is 9.68. The van der Waals surface area contributed by atoms with E-state index in [0.29, 0.717) is 12.0 Å². The number of hydrogen-bond donors (Lipinski definition) is 2. The zero-order valence-corrected chi connectivity index (χ0v) is 19.9. The minimum Gasteiger partial charge on any atom is -0.362 e. The fourth-order valence-corrected chi connectivity index (χ4v) is 5.08. The SMILES string of the molecule is CC1=C(C(=O)Nc2ccccc2C)[C@@H](c2cccc(Br)c2)C2=C(CC(C)(C)CC2=O)N1. The van der Waals surface area contributed by atoms with Crippen LogP contribution >= 0.6 is 15.9 Å². The number of rotatable bonds is 3. The molecule has 0 spiro atoms. The Morgan fingerprint density at radius 3 is 2.55 bits per heavy atom. The number of aryl methyl sites for hydroxylation is 1. The average Bonchev–Trinajstić information content (AvgIpc) is 2.67. The fourth-order valence-electron chi connectivity index (χ4n) is 4.66. The Morgan fingerprint density at radius 2 is 1.84 bits per heavy atom. The smallest absolute Gasteiger partial charge is 0.254 e. The minimum absolute atomic E-state index is 0.105. The molecule has 0 saturated heterocycles. The Kier molecular flexibility index (Phi) is 5.65. The van der Waals surface area contributed by atoms with Crippen LogP contribution in [0.5, 0.6) is 0 Å². The van der Waals surface area contributed by atoms with Crippen molar-refractivity contribution in [3.8, 4) is 0 Å². The second kappa shape index (κ2) is 8.12. The summed E-state index contributed by atoms with van der Waals surface area (Å²) in [5.41, 5.74) is 5.64. The first-order chi connectivity index (χ1) is 14.7. The molecule has 1 heterocycles. The van der Waals surface area contributed by atoms with Crippen molar-refractivity contribution >= 4 is 33.3 Å². The van der Waals surface area contributed by atoms with Gasteiger partial charge in [-0.25, -0.2) is 0 Å². The van der Waals surface area contributed by atoms with Crippen molar-refractivity contribution in [2.24, 2.45) is 5.41 Å². The molecule has 0 fully saturated rings. The lowest BCUT2D eigenvalue weighted by Gasteiger charge is -2.39. The van der Waals surface area contributed by atoms with Gasteiger partial charge in [0.15, 0.2) is 5.78 Å². The zero-order valence-electron chi connectivity index (χ0n) is 18.3. The van der Waals surface area contributed by atoms with Crippen molar-refractivity contribution in [1.82, 2.24) is 5.32 Å². The number of anilines is 1. The monoisotopic (exact) mass is 478 g/mol. The van der Waals surface area contributed by atoms with Crippen molar-refractivity contribution in [3.05, 3.63) is 86.7 Å². The van der Waals surface area contributed by atoms with Gasteiger partial charge in [0.05, 0.1) is 0 Å². The van der Waals surface area contributed by atoms with Crippen molar-refractivity contribution in [3.63, 3.8) is 0 Å². The number of amides is 1. The Hall–Kier alpha value is -2.66. The van der Waals surface area contributed by atoms with Gasteiger partial charge in [-0.05, 0) is 55.0 Å². The first-order valence-electron chi connectivity index (χ1n) is 10.5. The number of ketones is 1. The summed E-state index contributed by atoms with van der Waals surface area (Å²) < 4.78 is 0.922. The maximum absolute atomic E-state index is 13.6. The van der Waals surface area contributed by atoms with Crippen molar-refractivity contribution in [2.75, 3.05) is 5.32 Å². The molecule has 160 valence electrons. The third kappa shape index (κ3) is 4.24. The van der Waals surface area contributed by atoms with Gasteiger partial charge in [-0.15, -0.1) is 0 Å². The van der Waals surface area contributed by atoms with E-state index in [1.807, 2.05) is 62.4 Å². The number of dihydropyridines is 1. The van der Waals surface area contributed by atoms with Crippen LogP contribution in [0.25, 0.3) is 0 Å². The standard InChI is InChI=1S/C26H27BrN2O2/c1-15-8-5-6-11-19(15)29-25(31)22-16(2)28-20-13-26(3,4)14-21(30)24(20)23(22)17-9-7-10-18(27)12-17/h5-12,23,28H,13-14H2,1-4H3,(H,29,31)/t23-/m1/s1. The van der Waals surface area contributed by atoms with E-state index in [9.17, 15) is 9.59 Å². The Labute approximate surface area is 191 Å². The van der Waals surface area contributed by atoms with Gasteiger partial charge >= 0.3 is 0 Å². The average molecular weight is 479 g/mol. The first-order valence-corrected chi connectivity index (χ1v) is 11.3. The van der Waals surface area contributed by atoms with E-state index in [1.54, 1.807) is 0 Å². The van der Waals surface area contributed by atoms with Crippen molar-refractivity contribution in [1.29, 1.82) is 0 Å². The van der Waals surface area contributed by atoms with Gasteiger partial charge < -0.3 is 10.6 Å². The lowest BCUT2D eigenvalue weighted by molar-refractivity contribution is -0.118. The van der Waals surface area contributed by atoms with Crippen molar-refractivity contribution < 1.29 is 9.59 Å². The highest BCUT2D eigenvalue weighted by atomic mass is 79.9. The van der Waals surface area contributed by atoms with E-state index in [-0.39, 0.29) is 17.1 Å². The second-order valence-corrected chi connectivity index (χ2v) is 10.2. The first kappa shape index (κ1) is 21.6. The van der Waals surface area contributed by atoms with Gasteiger partial charge in [-0.2, -0.15) is 0 Å². The number of hydrogen-bond acceptors (Lipinski definition) is 3. The van der Waals surface area contributed by atoms with Crippen LogP contribution in [0.3, 0.4) is 0 Å². The molecule has 2 N–H and O–H groups in total. The van der Waals surface area contributed by atoms with Crippen LogP contribution in [-0.4, -0.2) is 11.7 Å². The van der Waals surface area contributed by atoms with E-state index in [0.717, 1.165) is 44.7 Å². The number of carbonyl (C=O) groups is 2. The summed E-state index contributed by atoms with van der Waals surface area (Å²) in [7, 11) is 0. The third-order valence-corrected chi connectivity index (χ3v) is 6.55. The molecule has 1 aliphatic carbocycles. The number of para-hydroxylation sites is 1. The van der Waals surface area contributed by atoms with Crippen LogP contribution < -0.4 is 10.6 Å². The zero-order chi connectivity index (χ0) is 22.3. The van der Waals surface area contributed by atoms with Crippen LogP contribution in [0.2, 0.25) is 0 Å². The van der Waals surface area contributed by atoms with Crippen molar-refractivity contribution in [2.45, 2.75) is 46.5 Å². The van der Waals surface area contributed by atoms with E-state index in [4.69, 9.17) is 0 Å². The highest BCUT2D eigenvalue weighted by molar-refractivity contribution is 9.10. The van der Waals surface area contributed by atoms with Crippen LogP contribution in [-0.2, 0) is 9.59 Å². The molecule has 0 aromatic heterocycles. The number of halogens is 1. The summed E-state index contributed by atoms with van der Waals surface area (Å²) in [4.78, 5) is 26.9. The number of benzene rings is 2. The number of nitrogens with one attached hydrogen (secondary N) is 2. The Bertz CT molecular complexity index is 1140. The normalized spacial score (nSPS) is 20.3. The molecule has 2 aromatic rings. The van der Waals surface area contributed by atoms with E-state index in [2.05, 4.69) is 40.4 Å². The largest absolute Gasteiger partial charge is 0.362 e. The molecule has 1 atom stereocenters. The van der Waals surface area contributed by atoms with E-state index < -0.39 is 5.92 Å². The summed E-state index contributed by atoms with van der Waals surface area (Å²) in [6.45, 7) is 8.12. The molecule has 0 unspecified atom stereocenters. The molecule has 0 bridgehead atoms. The molecule has 4 nitrogen and oxygen atoms in total. The quantitative estimate of drug-likeness (QED) is 0.568. The summed E-state index contributed by atoms with van der Waals surface area (Å²) in [5.74, 6) is -0.479. The molecule has 31 heavy (non-hydrogen) atoms. The second-order valence-electron chi connectivity index (χ2n) is 9.25. The number of carbonyl (C=O) groups excluding carboxylic acids is 2. The molecule has 2 aliphatic rings. The Morgan fingerprint density at radius 1 is 1.10 bits per heavy atom. The predicted octanol–water partition coefficient (Wildman–Crippen LogP) is 6.00. The lowest BCUT2D eigenvalue weighted by Crippen LogP contribution is -2.39. The molecule has 5 heteroatoms. The molecule has 1 aliphatic heterocycles. The van der Waals surface area contributed by atoms with Gasteiger partial charge in [0, 0.05) is 45.0 Å². The number of Topliss-reactive ketones (excluding diaryl/α,β-unsaturated/α-hetero) is 1.